The molecule has 1 unspecified atom stereocenters. The molecule has 1 heterocycles. The first kappa shape index (κ1) is 17.9. The van der Waals surface area contributed by atoms with E-state index in [1.807, 2.05) is 56.3 Å². The second-order valence-corrected chi connectivity index (χ2v) is 6.69. The average molecular weight is 353 g/mol. The van der Waals surface area contributed by atoms with Gasteiger partial charge in [0.15, 0.2) is 6.10 Å². The summed E-state index contributed by atoms with van der Waals surface area (Å²) in [7, 11) is 0. The molecule has 136 valence electrons. The fraction of sp³-hybridized carbons (Fsp3) is 0.300. The molecular formula is C20H23N3O3. The van der Waals surface area contributed by atoms with E-state index in [4.69, 9.17) is 10.5 Å². The third-order valence-electron chi connectivity index (χ3n) is 4.43. The summed E-state index contributed by atoms with van der Waals surface area (Å²) in [5.74, 6) is -0.208. The standard InChI is InChI=1S/C20H23N3O3/c1-12(2)16(21)19(24)23-17-18(13-8-4-3-5-9-13)26-15-11-7-6-10-14(15)22-20(17)25/h3-12,16-18H,21H2,1-2H3,(H,22,25)(H,23,24)/t16?,17-,18+/m0/s1. The predicted octanol–water partition coefficient (Wildman–Crippen LogP) is 2.23. The third-order valence-corrected chi connectivity index (χ3v) is 4.43. The van der Waals surface area contributed by atoms with E-state index in [9.17, 15) is 9.59 Å². The molecule has 0 aromatic heterocycles. The topological polar surface area (TPSA) is 93.5 Å². The van der Waals surface area contributed by atoms with Crippen molar-refractivity contribution in [3.63, 3.8) is 0 Å². The Balaban J connectivity index is 1.96. The summed E-state index contributed by atoms with van der Waals surface area (Å²) in [6.45, 7) is 3.72. The smallest absolute Gasteiger partial charge is 0.251 e. The first-order valence-electron chi connectivity index (χ1n) is 8.65. The van der Waals surface area contributed by atoms with Crippen LogP contribution in [0.5, 0.6) is 5.75 Å². The second-order valence-electron chi connectivity index (χ2n) is 6.69. The van der Waals surface area contributed by atoms with Gasteiger partial charge in [-0.25, -0.2) is 0 Å². The van der Waals surface area contributed by atoms with Gasteiger partial charge in [-0.1, -0.05) is 56.3 Å². The maximum Gasteiger partial charge on any atom is 0.251 e. The van der Waals surface area contributed by atoms with Crippen LogP contribution in [0.2, 0.25) is 0 Å². The Hall–Kier alpha value is -2.86. The van der Waals surface area contributed by atoms with Gasteiger partial charge in [-0.3, -0.25) is 9.59 Å². The van der Waals surface area contributed by atoms with Crippen molar-refractivity contribution in [2.75, 3.05) is 5.32 Å². The van der Waals surface area contributed by atoms with Gasteiger partial charge >= 0.3 is 0 Å². The molecule has 0 fully saturated rings. The van der Waals surface area contributed by atoms with Gasteiger partial charge in [-0.2, -0.15) is 0 Å². The average Bonchev–Trinajstić information content (AvgIpc) is 2.78. The Kier molecular flexibility index (Phi) is 5.23. The molecular weight excluding hydrogens is 330 g/mol. The Morgan fingerprint density at radius 1 is 1.12 bits per heavy atom. The van der Waals surface area contributed by atoms with E-state index < -0.39 is 18.2 Å². The first-order valence-corrected chi connectivity index (χ1v) is 8.65. The fourth-order valence-corrected chi connectivity index (χ4v) is 2.82. The maximum atomic E-state index is 12.8. The number of ether oxygens (including phenoxy) is 1. The molecule has 3 rings (SSSR count). The van der Waals surface area contributed by atoms with Gasteiger partial charge in [-0.15, -0.1) is 0 Å². The highest BCUT2D eigenvalue weighted by molar-refractivity contribution is 6.00. The minimum Gasteiger partial charge on any atom is -0.481 e. The highest BCUT2D eigenvalue weighted by Gasteiger charge is 2.37. The lowest BCUT2D eigenvalue weighted by atomic mass is 9.99. The lowest BCUT2D eigenvalue weighted by Gasteiger charge is -2.27. The van der Waals surface area contributed by atoms with E-state index in [0.29, 0.717) is 11.4 Å². The van der Waals surface area contributed by atoms with Crippen LogP contribution in [0.25, 0.3) is 0 Å². The van der Waals surface area contributed by atoms with Crippen LogP contribution in [0, 0.1) is 5.92 Å². The summed E-state index contributed by atoms with van der Waals surface area (Å²) >= 11 is 0. The molecule has 6 heteroatoms. The van der Waals surface area contributed by atoms with Crippen molar-refractivity contribution in [1.82, 2.24) is 5.32 Å². The van der Waals surface area contributed by atoms with Crippen LogP contribution in [0.3, 0.4) is 0 Å². The molecule has 0 saturated carbocycles. The van der Waals surface area contributed by atoms with E-state index in [1.54, 1.807) is 12.1 Å². The number of hydrogen-bond acceptors (Lipinski definition) is 4. The molecule has 1 aliphatic heterocycles. The number of nitrogens with one attached hydrogen (secondary N) is 2. The molecule has 0 radical (unpaired) electrons. The Morgan fingerprint density at radius 2 is 1.77 bits per heavy atom. The van der Waals surface area contributed by atoms with Gasteiger partial charge in [-0.05, 0) is 23.6 Å². The SMILES string of the molecule is CC(C)C(N)C(=O)N[C@@H]1C(=O)Nc2ccccc2O[C@@H]1c1ccccc1. The molecule has 0 spiro atoms. The minimum atomic E-state index is -0.901. The summed E-state index contributed by atoms with van der Waals surface area (Å²) in [5, 5.41) is 5.60. The minimum absolute atomic E-state index is 0.0443. The second kappa shape index (κ2) is 7.58. The van der Waals surface area contributed by atoms with Crippen LogP contribution in [-0.2, 0) is 9.59 Å². The third kappa shape index (κ3) is 3.70. The number of nitrogens with two attached hydrogens (primary N) is 1. The molecule has 1 aliphatic rings. The number of benzene rings is 2. The van der Waals surface area contributed by atoms with Gasteiger partial charge in [0.05, 0.1) is 11.7 Å². The zero-order valence-corrected chi connectivity index (χ0v) is 14.8. The zero-order chi connectivity index (χ0) is 18.7. The van der Waals surface area contributed by atoms with Crippen molar-refractivity contribution in [3.05, 3.63) is 60.2 Å². The van der Waals surface area contributed by atoms with Crippen LogP contribution in [0.4, 0.5) is 5.69 Å². The van der Waals surface area contributed by atoms with Crippen LogP contribution < -0.4 is 21.1 Å². The number of hydrogen-bond donors (Lipinski definition) is 3. The molecule has 6 nitrogen and oxygen atoms in total. The Bertz CT molecular complexity index is 792. The molecule has 0 aliphatic carbocycles. The molecule has 2 aromatic carbocycles. The number of fused-ring (bicyclic) bond motifs is 1. The summed E-state index contributed by atoms with van der Waals surface area (Å²) in [4.78, 5) is 25.3. The van der Waals surface area contributed by atoms with E-state index in [-0.39, 0.29) is 17.7 Å². The van der Waals surface area contributed by atoms with E-state index in [1.165, 1.54) is 0 Å². The fourth-order valence-electron chi connectivity index (χ4n) is 2.82. The van der Waals surface area contributed by atoms with Crippen molar-refractivity contribution in [3.8, 4) is 5.75 Å². The lowest BCUT2D eigenvalue weighted by molar-refractivity contribution is -0.129. The molecule has 0 bridgehead atoms. The Labute approximate surface area is 152 Å². The largest absolute Gasteiger partial charge is 0.481 e. The highest BCUT2D eigenvalue weighted by atomic mass is 16.5. The van der Waals surface area contributed by atoms with E-state index >= 15 is 0 Å². The normalized spacial score (nSPS) is 20.4. The Morgan fingerprint density at radius 3 is 2.46 bits per heavy atom. The van der Waals surface area contributed by atoms with Crippen LogP contribution in [0.15, 0.2) is 54.6 Å². The highest BCUT2D eigenvalue weighted by Crippen LogP contribution is 2.34. The molecule has 0 saturated heterocycles. The number of carbonyl (C=O) groups excluding carboxylic acids is 2. The van der Waals surface area contributed by atoms with Crippen molar-refractivity contribution in [2.24, 2.45) is 11.7 Å². The summed E-state index contributed by atoms with van der Waals surface area (Å²) in [5.41, 5.74) is 7.31. The molecule has 26 heavy (non-hydrogen) atoms. The van der Waals surface area contributed by atoms with Crippen molar-refractivity contribution < 1.29 is 14.3 Å². The van der Waals surface area contributed by atoms with Gasteiger partial charge in [0.2, 0.25) is 5.91 Å². The monoisotopic (exact) mass is 353 g/mol. The number of rotatable bonds is 4. The van der Waals surface area contributed by atoms with Crippen LogP contribution in [-0.4, -0.2) is 23.9 Å². The first-order chi connectivity index (χ1) is 12.5. The lowest BCUT2D eigenvalue weighted by Crippen LogP contribution is -2.54. The zero-order valence-electron chi connectivity index (χ0n) is 14.8. The molecule has 2 aromatic rings. The molecule has 3 atom stereocenters. The summed E-state index contributed by atoms with van der Waals surface area (Å²) in [6, 6.07) is 14.9. The van der Waals surface area contributed by atoms with Gasteiger partial charge in [0.1, 0.15) is 11.8 Å². The van der Waals surface area contributed by atoms with Crippen molar-refractivity contribution in [2.45, 2.75) is 32.0 Å². The summed E-state index contributed by atoms with van der Waals surface area (Å²) in [6.07, 6.45) is -0.664. The number of carbonyl (C=O) groups is 2. The number of para-hydroxylation sites is 2. The van der Waals surface area contributed by atoms with Gasteiger partial charge in [0.25, 0.3) is 5.91 Å². The quantitative estimate of drug-likeness (QED) is 0.786. The van der Waals surface area contributed by atoms with Gasteiger partial charge < -0.3 is 21.1 Å². The number of anilines is 1. The van der Waals surface area contributed by atoms with Gasteiger partial charge in [0, 0.05) is 0 Å². The van der Waals surface area contributed by atoms with E-state index in [0.717, 1.165) is 5.56 Å². The molecule has 2 amide bonds. The van der Waals surface area contributed by atoms with Crippen molar-refractivity contribution in [1.29, 1.82) is 0 Å². The maximum absolute atomic E-state index is 12.8. The predicted molar refractivity (Wildman–Crippen MR) is 99.6 cm³/mol. The van der Waals surface area contributed by atoms with E-state index in [2.05, 4.69) is 10.6 Å². The number of amides is 2. The summed E-state index contributed by atoms with van der Waals surface area (Å²) < 4.78 is 6.13. The van der Waals surface area contributed by atoms with Crippen LogP contribution >= 0.6 is 0 Å². The van der Waals surface area contributed by atoms with Crippen molar-refractivity contribution >= 4 is 17.5 Å². The molecule has 4 N–H and O–H groups in total. The van der Waals surface area contributed by atoms with Crippen LogP contribution in [0.1, 0.15) is 25.5 Å².